The van der Waals surface area contributed by atoms with Crippen LogP contribution in [0.15, 0.2) is 17.0 Å². The molecule has 1 saturated heterocycles. The van der Waals surface area contributed by atoms with Crippen LogP contribution in [-0.2, 0) is 14.6 Å². The van der Waals surface area contributed by atoms with Crippen LogP contribution in [0.25, 0.3) is 0 Å². The Bertz CT molecular complexity index is 651. The molecule has 21 heavy (non-hydrogen) atoms. The third-order valence-corrected chi connectivity index (χ3v) is 6.01. The Morgan fingerprint density at radius 1 is 1.29 bits per heavy atom. The summed E-state index contributed by atoms with van der Waals surface area (Å²) in [5.74, 6) is -1.42. The first kappa shape index (κ1) is 16.5. The van der Waals surface area contributed by atoms with Crippen LogP contribution in [0.1, 0.15) is 23.2 Å². The Morgan fingerprint density at radius 3 is 2.48 bits per heavy atom. The van der Waals surface area contributed by atoms with E-state index in [1.807, 2.05) is 0 Å². The van der Waals surface area contributed by atoms with E-state index in [1.54, 1.807) is 0 Å². The fraction of sp³-hybridized carbons (Fsp3) is 0.462. The van der Waals surface area contributed by atoms with Gasteiger partial charge in [0.25, 0.3) is 0 Å². The number of halogens is 2. The van der Waals surface area contributed by atoms with Crippen molar-refractivity contribution in [3.63, 3.8) is 0 Å². The summed E-state index contributed by atoms with van der Waals surface area (Å²) in [6, 6.07) is 2.34. The van der Waals surface area contributed by atoms with E-state index >= 15 is 0 Å². The van der Waals surface area contributed by atoms with E-state index < -0.39 is 15.8 Å². The summed E-state index contributed by atoms with van der Waals surface area (Å²) < 4.78 is 30.1. The van der Waals surface area contributed by atoms with Gasteiger partial charge < -0.3 is 9.84 Å². The standard InChI is InChI=1S/C13H14Cl2O5S/c14-9-5-10(13(16)17)12(15)11(6-9)21(18,19)7-8-1-3-20-4-2-8/h5-6,8H,1-4,7H2,(H,16,17). The van der Waals surface area contributed by atoms with Crippen molar-refractivity contribution in [1.29, 1.82) is 0 Å². The van der Waals surface area contributed by atoms with Gasteiger partial charge in [-0.2, -0.15) is 0 Å². The van der Waals surface area contributed by atoms with E-state index in [9.17, 15) is 13.2 Å². The van der Waals surface area contributed by atoms with Crippen molar-refractivity contribution in [2.24, 2.45) is 5.92 Å². The molecule has 0 atom stereocenters. The first-order valence-electron chi connectivity index (χ1n) is 6.34. The van der Waals surface area contributed by atoms with Gasteiger partial charge in [0.05, 0.1) is 21.2 Å². The van der Waals surface area contributed by atoms with Gasteiger partial charge in [0.15, 0.2) is 9.84 Å². The summed E-state index contributed by atoms with van der Waals surface area (Å²) >= 11 is 11.7. The second-order valence-corrected chi connectivity index (χ2v) is 7.72. The maximum Gasteiger partial charge on any atom is 0.337 e. The SMILES string of the molecule is O=C(O)c1cc(Cl)cc(S(=O)(=O)CC2CCOCC2)c1Cl. The maximum atomic E-state index is 12.5. The van der Waals surface area contributed by atoms with Crippen molar-refractivity contribution in [3.05, 3.63) is 27.7 Å². The number of aromatic carboxylic acids is 1. The number of carbonyl (C=O) groups is 1. The van der Waals surface area contributed by atoms with Crippen LogP contribution < -0.4 is 0 Å². The molecule has 0 radical (unpaired) electrons. The van der Waals surface area contributed by atoms with E-state index in [1.165, 1.54) is 6.07 Å². The Morgan fingerprint density at radius 2 is 1.90 bits per heavy atom. The van der Waals surface area contributed by atoms with Crippen LogP contribution in [0.3, 0.4) is 0 Å². The van der Waals surface area contributed by atoms with E-state index in [0.29, 0.717) is 26.1 Å². The second-order valence-electron chi connectivity index (χ2n) is 4.91. The molecule has 1 aliphatic heterocycles. The van der Waals surface area contributed by atoms with Gasteiger partial charge >= 0.3 is 5.97 Å². The minimum Gasteiger partial charge on any atom is -0.478 e. The van der Waals surface area contributed by atoms with Crippen molar-refractivity contribution >= 4 is 39.0 Å². The van der Waals surface area contributed by atoms with Crippen molar-refractivity contribution in [3.8, 4) is 0 Å². The molecular weight excluding hydrogens is 339 g/mol. The van der Waals surface area contributed by atoms with Gasteiger partial charge in [-0.1, -0.05) is 23.2 Å². The summed E-state index contributed by atoms with van der Waals surface area (Å²) in [6.07, 6.45) is 1.31. The molecule has 1 aromatic carbocycles. The van der Waals surface area contributed by atoms with Gasteiger partial charge in [-0.3, -0.25) is 0 Å². The molecule has 1 N–H and O–H groups in total. The Hall–Kier alpha value is -0.820. The molecule has 1 aromatic rings. The summed E-state index contributed by atoms with van der Waals surface area (Å²) in [4.78, 5) is 10.9. The largest absolute Gasteiger partial charge is 0.478 e. The number of carboxylic acids is 1. The molecule has 5 nitrogen and oxygen atoms in total. The molecule has 116 valence electrons. The predicted octanol–water partition coefficient (Wildman–Crippen LogP) is 2.89. The molecule has 0 bridgehead atoms. The zero-order valence-electron chi connectivity index (χ0n) is 11.0. The first-order valence-corrected chi connectivity index (χ1v) is 8.75. The number of sulfone groups is 1. The minimum atomic E-state index is -3.70. The number of hydrogen-bond donors (Lipinski definition) is 1. The van der Waals surface area contributed by atoms with Gasteiger partial charge in [0.1, 0.15) is 0 Å². The molecule has 0 spiro atoms. The summed E-state index contributed by atoms with van der Waals surface area (Å²) in [6.45, 7) is 1.06. The fourth-order valence-corrected chi connectivity index (χ4v) is 4.91. The molecular formula is C13H14Cl2O5S. The summed E-state index contributed by atoms with van der Waals surface area (Å²) in [5.41, 5.74) is -0.310. The lowest BCUT2D eigenvalue weighted by molar-refractivity contribution is 0.0696. The van der Waals surface area contributed by atoms with Crippen LogP contribution >= 0.6 is 23.2 Å². The van der Waals surface area contributed by atoms with E-state index in [-0.39, 0.29) is 32.2 Å². The van der Waals surface area contributed by atoms with Gasteiger partial charge in [0, 0.05) is 18.2 Å². The van der Waals surface area contributed by atoms with Crippen molar-refractivity contribution < 1.29 is 23.1 Å². The molecule has 0 aromatic heterocycles. The smallest absolute Gasteiger partial charge is 0.337 e. The number of rotatable bonds is 4. The fourth-order valence-electron chi connectivity index (χ4n) is 2.26. The maximum absolute atomic E-state index is 12.5. The predicted molar refractivity (Wildman–Crippen MR) is 79.0 cm³/mol. The lowest BCUT2D eigenvalue weighted by Crippen LogP contribution is -2.24. The third kappa shape index (κ3) is 3.88. The van der Waals surface area contributed by atoms with Gasteiger partial charge in [-0.15, -0.1) is 0 Å². The number of hydrogen-bond acceptors (Lipinski definition) is 4. The van der Waals surface area contributed by atoms with Crippen LogP contribution in [0, 0.1) is 5.92 Å². The van der Waals surface area contributed by atoms with E-state index in [0.717, 1.165) is 6.07 Å². The quantitative estimate of drug-likeness (QED) is 0.900. The first-order chi connectivity index (χ1) is 9.81. The topological polar surface area (TPSA) is 80.7 Å². The molecule has 1 aliphatic rings. The van der Waals surface area contributed by atoms with Crippen LogP contribution in [0.2, 0.25) is 10.0 Å². The van der Waals surface area contributed by atoms with E-state index in [2.05, 4.69) is 0 Å². The van der Waals surface area contributed by atoms with Gasteiger partial charge in [0.2, 0.25) is 0 Å². The normalized spacial score (nSPS) is 16.9. The van der Waals surface area contributed by atoms with E-state index in [4.69, 9.17) is 33.0 Å². The third-order valence-electron chi connectivity index (χ3n) is 3.37. The number of ether oxygens (including phenoxy) is 1. The highest BCUT2D eigenvalue weighted by molar-refractivity contribution is 7.91. The molecule has 8 heteroatoms. The van der Waals surface area contributed by atoms with Gasteiger partial charge in [-0.25, -0.2) is 13.2 Å². The number of carboxylic acid groups (broad SMARTS) is 1. The molecule has 2 rings (SSSR count). The lowest BCUT2D eigenvalue weighted by atomic mass is 10.0. The molecule has 0 unspecified atom stereocenters. The Balaban J connectivity index is 2.37. The van der Waals surface area contributed by atoms with Crippen LogP contribution in [0.4, 0.5) is 0 Å². The zero-order valence-corrected chi connectivity index (χ0v) is 13.3. The molecule has 1 fully saturated rings. The minimum absolute atomic E-state index is 0.0212. The average Bonchev–Trinajstić information content (AvgIpc) is 2.41. The van der Waals surface area contributed by atoms with Crippen molar-refractivity contribution in [1.82, 2.24) is 0 Å². The van der Waals surface area contributed by atoms with Crippen molar-refractivity contribution in [2.75, 3.05) is 19.0 Å². The molecule has 0 aliphatic carbocycles. The Labute approximate surface area is 132 Å². The number of benzene rings is 1. The summed E-state index contributed by atoms with van der Waals surface area (Å²) in [7, 11) is -3.70. The van der Waals surface area contributed by atoms with Crippen LogP contribution in [0.5, 0.6) is 0 Å². The van der Waals surface area contributed by atoms with Gasteiger partial charge in [-0.05, 0) is 30.9 Å². The molecule has 1 heterocycles. The Kier molecular flexibility index (Phi) is 5.14. The van der Waals surface area contributed by atoms with Crippen molar-refractivity contribution in [2.45, 2.75) is 17.7 Å². The summed E-state index contributed by atoms with van der Waals surface area (Å²) in [5, 5.41) is 8.78. The average molecular weight is 353 g/mol. The zero-order chi connectivity index (χ0) is 15.6. The monoisotopic (exact) mass is 352 g/mol. The lowest BCUT2D eigenvalue weighted by Gasteiger charge is -2.22. The molecule has 0 amide bonds. The highest BCUT2D eigenvalue weighted by Crippen LogP contribution is 2.32. The second kappa shape index (κ2) is 6.52. The highest BCUT2D eigenvalue weighted by Gasteiger charge is 2.27. The molecule has 0 saturated carbocycles. The highest BCUT2D eigenvalue weighted by atomic mass is 35.5. The van der Waals surface area contributed by atoms with Crippen LogP contribution in [-0.4, -0.2) is 38.5 Å².